The molecule has 15 nitrogen and oxygen atoms in total. The van der Waals surface area contributed by atoms with Crippen molar-refractivity contribution in [2.75, 3.05) is 33.6 Å². The van der Waals surface area contributed by atoms with Crippen LogP contribution >= 0.6 is 11.8 Å². The molecule has 292 valence electrons. The van der Waals surface area contributed by atoms with Gasteiger partial charge in [0.1, 0.15) is 17.8 Å². The lowest BCUT2D eigenvalue weighted by molar-refractivity contribution is -0.144. The van der Waals surface area contributed by atoms with E-state index in [4.69, 9.17) is 24.7 Å². The molecule has 7 atom stereocenters. The number of thioether (sulfide) groups is 1. The number of rotatable bonds is 11. The molecule has 0 radical (unpaired) electrons. The van der Waals surface area contributed by atoms with Crippen molar-refractivity contribution in [3.05, 3.63) is 70.0 Å². The fraction of sp³-hybridized carbons (Fsp3) is 0.514. The quantitative estimate of drug-likeness (QED) is 0.116. The highest BCUT2D eigenvalue weighted by atomic mass is 32.2. The molecule has 16 heteroatoms. The van der Waals surface area contributed by atoms with Gasteiger partial charge in [0.2, 0.25) is 17.5 Å². The highest BCUT2D eigenvalue weighted by Crippen LogP contribution is 2.35. The second-order valence-corrected chi connectivity index (χ2v) is 13.8. The van der Waals surface area contributed by atoms with Crippen molar-refractivity contribution in [1.82, 2.24) is 16.0 Å². The summed E-state index contributed by atoms with van der Waals surface area (Å²) in [5.41, 5.74) is 5.84. The Morgan fingerprint density at radius 3 is 2.38 bits per heavy atom. The van der Waals surface area contributed by atoms with Gasteiger partial charge in [-0.1, -0.05) is 44.2 Å². The van der Waals surface area contributed by atoms with Crippen molar-refractivity contribution in [3.63, 3.8) is 0 Å². The summed E-state index contributed by atoms with van der Waals surface area (Å²) in [5, 5.41) is 19.5. The number of hydrogen-bond donors (Lipinski definition) is 5. The lowest BCUT2D eigenvalue weighted by Crippen LogP contribution is -2.43. The number of nitrogens with one attached hydrogen (secondary N) is 3. The van der Waals surface area contributed by atoms with Crippen molar-refractivity contribution >= 4 is 47.2 Å². The third-order valence-electron chi connectivity index (χ3n) is 8.59. The Hall–Kier alpha value is -4.51. The van der Waals surface area contributed by atoms with E-state index in [2.05, 4.69) is 22.5 Å². The number of primary amides is 1. The average molecular weight is 761 g/mol. The molecule has 53 heavy (non-hydrogen) atoms. The van der Waals surface area contributed by atoms with Gasteiger partial charge in [0.05, 0.1) is 29.9 Å². The highest BCUT2D eigenvalue weighted by molar-refractivity contribution is 8.04. The van der Waals surface area contributed by atoms with Crippen molar-refractivity contribution in [3.8, 4) is 0 Å². The van der Waals surface area contributed by atoms with Crippen LogP contribution in [0.15, 0.2) is 70.0 Å². The first-order valence-corrected chi connectivity index (χ1v) is 17.9. The average Bonchev–Trinajstić information content (AvgIpc) is 3.11. The summed E-state index contributed by atoms with van der Waals surface area (Å²) in [6, 6.07) is -1.17. The molecule has 0 aromatic carbocycles. The number of carbonyl (C=O) groups excluding carboxylic acids is 6. The highest BCUT2D eigenvalue weighted by Gasteiger charge is 2.38. The van der Waals surface area contributed by atoms with Crippen molar-refractivity contribution in [2.24, 2.45) is 17.6 Å². The predicted octanol–water partition coefficient (Wildman–Crippen LogP) is 2.28. The lowest BCUT2D eigenvalue weighted by Gasteiger charge is -2.30. The van der Waals surface area contributed by atoms with E-state index in [1.807, 2.05) is 6.92 Å². The fourth-order valence-electron chi connectivity index (χ4n) is 5.86. The number of allylic oxidation sites excluding steroid dienone is 4. The number of ether oxygens (including phenoxy) is 4. The predicted molar refractivity (Wildman–Crippen MR) is 199 cm³/mol. The number of hydrogen-bond acceptors (Lipinski definition) is 13. The van der Waals surface area contributed by atoms with Gasteiger partial charge in [0, 0.05) is 50.5 Å². The minimum atomic E-state index is -1.17. The van der Waals surface area contributed by atoms with Gasteiger partial charge in [-0.15, -0.1) is 18.3 Å². The molecule has 2 bridgehead atoms. The molecule has 0 fully saturated rings. The summed E-state index contributed by atoms with van der Waals surface area (Å²) in [6.45, 7) is 11.8. The first-order chi connectivity index (χ1) is 25.0. The third kappa shape index (κ3) is 12.6. The smallest absolute Gasteiger partial charge is 0.405 e. The zero-order valence-electron chi connectivity index (χ0n) is 31.5. The number of Topliss-reactive ketones (excluding diaryl/α,β-unsaturated/α-hetero) is 2. The SMILES string of the molecule is C=CCNC1=C2C[C@@H](C)C[C@H](OC)[C@H](O)[C@@H](C)/C=C(\C)[C@H](OC(N)=O)[C@@H](OC)/C=C\C=C(/C)C(=O)NC(=C(SC[C@H](NC(C)=O)C(=O)OC)C1=O)C2=O. The molecule has 0 unspecified atom stereocenters. The van der Waals surface area contributed by atoms with Crippen molar-refractivity contribution < 1.29 is 52.8 Å². The Balaban J connectivity index is 2.81. The number of aliphatic hydroxyl groups is 1. The second-order valence-electron chi connectivity index (χ2n) is 12.8. The van der Waals surface area contributed by atoms with E-state index < -0.39 is 71.8 Å². The van der Waals surface area contributed by atoms with Gasteiger partial charge in [-0.05, 0) is 38.2 Å². The number of fused-ring (bicyclic) bond motifs is 2. The Kier molecular flexibility index (Phi) is 17.9. The third-order valence-corrected chi connectivity index (χ3v) is 9.76. The van der Waals surface area contributed by atoms with Crippen molar-refractivity contribution in [2.45, 2.75) is 77.9 Å². The van der Waals surface area contributed by atoms with Gasteiger partial charge in [0.25, 0.3) is 5.91 Å². The van der Waals surface area contributed by atoms with Crippen LogP contribution < -0.4 is 21.7 Å². The van der Waals surface area contributed by atoms with E-state index in [0.29, 0.717) is 5.57 Å². The zero-order chi connectivity index (χ0) is 40.0. The molecule has 1 aliphatic heterocycles. The number of nitrogens with two attached hydrogens (primary N) is 1. The molecular weight excluding hydrogens is 708 g/mol. The second kappa shape index (κ2) is 21.3. The minimum absolute atomic E-state index is 0.00924. The molecule has 1 heterocycles. The number of esters is 1. The maximum absolute atomic E-state index is 14.4. The Labute approximate surface area is 314 Å². The summed E-state index contributed by atoms with van der Waals surface area (Å²) in [5.74, 6) is -4.32. The molecule has 0 spiro atoms. The van der Waals surface area contributed by atoms with E-state index in [-0.39, 0.29) is 58.5 Å². The van der Waals surface area contributed by atoms with Crippen LogP contribution in [0.5, 0.6) is 0 Å². The molecule has 2 aliphatic rings. The van der Waals surface area contributed by atoms with E-state index in [9.17, 15) is 33.9 Å². The van der Waals surface area contributed by atoms with Gasteiger partial charge < -0.3 is 45.7 Å². The molecule has 6 N–H and O–H groups in total. The van der Waals surface area contributed by atoms with Gasteiger partial charge in [-0.25, -0.2) is 9.59 Å². The Bertz CT molecular complexity index is 1580. The molecule has 1 aliphatic carbocycles. The van der Waals surface area contributed by atoms with Crippen LogP contribution in [0.2, 0.25) is 0 Å². The van der Waals surface area contributed by atoms with Crippen LogP contribution in [0, 0.1) is 11.8 Å². The monoisotopic (exact) mass is 760 g/mol. The van der Waals surface area contributed by atoms with E-state index in [1.54, 1.807) is 26.0 Å². The first-order valence-electron chi connectivity index (χ1n) is 16.9. The van der Waals surface area contributed by atoms with Crippen LogP contribution in [-0.4, -0.2) is 105 Å². The number of aliphatic hydroxyl groups excluding tert-OH is 1. The van der Waals surface area contributed by atoms with Crippen molar-refractivity contribution in [1.29, 1.82) is 0 Å². The van der Waals surface area contributed by atoms with Gasteiger partial charge in [-0.2, -0.15) is 0 Å². The molecule has 3 amide bonds. The van der Waals surface area contributed by atoms with Crippen LogP contribution in [0.3, 0.4) is 0 Å². The number of methoxy groups -OCH3 is 3. The van der Waals surface area contributed by atoms with Gasteiger partial charge in [-0.3, -0.25) is 19.2 Å². The van der Waals surface area contributed by atoms with Crippen LogP contribution in [0.1, 0.15) is 47.5 Å². The van der Waals surface area contributed by atoms with E-state index >= 15 is 0 Å². The summed E-state index contributed by atoms with van der Waals surface area (Å²) in [4.78, 5) is 78.3. The van der Waals surface area contributed by atoms with Gasteiger partial charge in [0.15, 0.2) is 6.10 Å². The minimum Gasteiger partial charge on any atom is -0.467 e. The van der Waals surface area contributed by atoms with Crippen LogP contribution in [-0.2, 0) is 42.9 Å². The van der Waals surface area contributed by atoms with E-state index in [1.165, 1.54) is 46.3 Å². The summed E-state index contributed by atoms with van der Waals surface area (Å²) in [7, 11) is 4.00. The lowest BCUT2D eigenvalue weighted by atomic mass is 9.85. The molecule has 0 saturated carbocycles. The van der Waals surface area contributed by atoms with Crippen LogP contribution in [0.4, 0.5) is 4.79 Å². The largest absolute Gasteiger partial charge is 0.467 e. The topological polar surface area (TPSA) is 222 Å². The molecule has 0 aromatic rings. The van der Waals surface area contributed by atoms with Crippen LogP contribution in [0.25, 0.3) is 0 Å². The number of amides is 3. The first kappa shape index (κ1) is 44.7. The summed E-state index contributed by atoms with van der Waals surface area (Å²) < 4.78 is 21.5. The fourth-order valence-corrected chi connectivity index (χ4v) is 6.93. The normalized spacial score (nSPS) is 28.1. The maximum atomic E-state index is 14.4. The Morgan fingerprint density at radius 2 is 1.81 bits per heavy atom. The standard InChI is InChI=1S/C37H52N4O11S/c1-10-14-39-28-24-15-19(2)16-27(50-8)30(43)21(4)17-22(5)33(52-37(38)48)26(49-7)13-11-12-20(3)35(46)41-29(31(24)44)34(32(28)45)53-18-25(36(47)51-9)40-23(6)42/h10-13,17,19,21,25-27,30,33,39,43H,1,14-16,18H2,2-9H3,(H2,38,48)(H,40,42)(H,41,46)/b13-11-,20-12+,22-17+/t19-,21+,25+,26+,27+,30-,33+/m1/s1. The van der Waals surface area contributed by atoms with E-state index in [0.717, 1.165) is 18.9 Å². The summed E-state index contributed by atoms with van der Waals surface area (Å²) >= 11 is 0.803. The molecule has 0 aromatic heterocycles. The Morgan fingerprint density at radius 1 is 1.13 bits per heavy atom. The maximum Gasteiger partial charge on any atom is 0.405 e. The number of ketones is 2. The molecule has 2 rings (SSSR count). The summed E-state index contributed by atoms with van der Waals surface area (Å²) in [6.07, 6.45) is 3.36. The number of carbonyl (C=O) groups is 6. The molecule has 0 saturated heterocycles. The zero-order valence-corrected chi connectivity index (χ0v) is 32.3. The molecular formula is C37H52N4O11S. The van der Waals surface area contributed by atoms with Gasteiger partial charge >= 0.3 is 12.1 Å².